The summed E-state index contributed by atoms with van der Waals surface area (Å²) in [6.07, 6.45) is 1.68. The van der Waals surface area contributed by atoms with Gasteiger partial charge >= 0.3 is 0 Å². The zero-order valence-electron chi connectivity index (χ0n) is 13.1. The highest BCUT2D eigenvalue weighted by molar-refractivity contribution is 9.10. The van der Waals surface area contributed by atoms with Gasteiger partial charge < -0.3 is 14.7 Å². The molecule has 0 bridgehead atoms. The van der Waals surface area contributed by atoms with Crippen molar-refractivity contribution in [1.29, 1.82) is 0 Å². The molecule has 122 valence electrons. The molecule has 1 fully saturated rings. The third kappa shape index (κ3) is 3.67. The minimum atomic E-state index is 0.635. The van der Waals surface area contributed by atoms with Crippen molar-refractivity contribution in [3.63, 3.8) is 0 Å². The highest BCUT2D eigenvalue weighted by Crippen LogP contribution is 2.27. The van der Waals surface area contributed by atoms with E-state index in [1.807, 2.05) is 37.2 Å². The van der Waals surface area contributed by atoms with Gasteiger partial charge in [-0.25, -0.2) is 4.98 Å². The van der Waals surface area contributed by atoms with E-state index < -0.39 is 0 Å². The van der Waals surface area contributed by atoms with E-state index in [1.54, 1.807) is 6.20 Å². The predicted octanol–water partition coefficient (Wildman–Crippen LogP) is 2.68. The van der Waals surface area contributed by atoms with Crippen LogP contribution in [0.4, 0.5) is 17.5 Å². The number of hydrogen-bond donors (Lipinski definition) is 0. The van der Waals surface area contributed by atoms with Gasteiger partial charge in [0.15, 0.2) is 11.6 Å². The number of nitrogens with zero attached hydrogens (tertiary/aromatic N) is 6. The molecule has 2 aromatic rings. The highest BCUT2D eigenvalue weighted by atomic mass is 79.9. The van der Waals surface area contributed by atoms with Crippen LogP contribution in [0.2, 0.25) is 5.02 Å². The average molecular weight is 398 g/mol. The first kappa shape index (κ1) is 16.3. The summed E-state index contributed by atoms with van der Waals surface area (Å²) in [5, 5.41) is 9.20. The molecule has 0 aromatic carbocycles. The Balaban J connectivity index is 1.66. The maximum atomic E-state index is 5.96. The van der Waals surface area contributed by atoms with Crippen LogP contribution in [0.25, 0.3) is 0 Å². The summed E-state index contributed by atoms with van der Waals surface area (Å²) >= 11 is 9.49. The van der Waals surface area contributed by atoms with Gasteiger partial charge in [-0.3, -0.25) is 0 Å². The summed E-state index contributed by atoms with van der Waals surface area (Å²) in [7, 11) is 3.92. The topological polar surface area (TPSA) is 48.4 Å². The molecular weight excluding hydrogens is 380 g/mol. The quantitative estimate of drug-likeness (QED) is 0.793. The maximum Gasteiger partial charge on any atom is 0.151 e. The first-order valence-electron chi connectivity index (χ1n) is 7.36. The normalized spacial score (nSPS) is 15.0. The lowest BCUT2D eigenvalue weighted by atomic mass is 10.3. The Morgan fingerprint density at radius 3 is 2.35 bits per heavy atom. The van der Waals surface area contributed by atoms with Crippen LogP contribution in [-0.4, -0.2) is 55.5 Å². The van der Waals surface area contributed by atoms with Crippen molar-refractivity contribution < 1.29 is 0 Å². The molecule has 0 radical (unpaired) electrons. The molecule has 0 unspecified atom stereocenters. The molecule has 23 heavy (non-hydrogen) atoms. The smallest absolute Gasteiger partial charge is 0.151 e. The summed E-state index contributed by atoms with van der Waals surface area (Å²) in [6.45, 7) is 3.52. The Hall–Kier alpha value is -1.60. The Kier molecular flexibility index (Phi) is 4.87. The average Bonchev–Trinajstić information content (AvgIpc) is 2.55. The Morgan fingerprint density at radius 1 is 1.09 bits per heavy atom. The second-order valence-electron chi connectivity index (χ2n) is 5.58. The van der Waals surface area contributed by atoms with Crippen LogP contribution in [0.1, 0.15) is 0 Å². The lowest BCUT2D eigenvalue weighted by Crippen LogP contribution is -2.47. The lowest BCUT2D eigenvalue weighted by Gasteiger charge is -2.36. The van der Waals surface area contributed by atoms with Gasteiger partial charge in [-0.05, 0) is 34.1 Å². The van der Waals surface area contributed by atoms with Crippen LogP contribution < -0.4 is 14.7 Å². The summed E-state index contributed by atoms with van der Waals surface area (Å²) in [5.41, 5.74) is 0. The molecule has 3 heterocycles. The molecule has 0 saturated carbocycles. The van der Waals surface area contributed by atoms with Crippen LogP contribution in [0.3, 0.4) is 0 Å². The number of rotatable bonds is 3. The van der Waals surface area contributed by atoms with Gasteiger partial charge in [0, 0.05) is 46.5 Å². The predicted molar refractivity (Wildman–Crippen MR) is 97.7 cm³/mol. The molecule has 6 nitrogen and oxygen atoms in total. The molecule has 1 saturated heterocycles. The summed E-state index contributed by atoms with van der Waals surface area (Å²) in [4.78, 5) is 10.9. The number of anilines is 3. The van der Waals surface area contributed by atoms with Gasteiger partial charge in [0.2, 0.25) is 0 Å². The van der Waals surface area contributed by atoms with E-state index in [2.05, 4.69) is 40.9 Å². The standard InChI is InChI=1S/C15H18BrClN6/c1-21(2)13-3-4-14(20-19-13)22-5-7-23(8-6-22)15-12(16)9-11(17)10-18-15/h3-4,9-10H,5-8H2,1-2H3. The number of aromatic nitrogens is 3. The van der Waals surface area contributed by atoms with Crippen LogP contribution in [0.5, 0.6) is 0 Å². The van der Waals surface area contributed by atoms with Crippen molar-refractivity contribution in [2.45, 2.75) is 0 Å². The Labute approximate surface area is 149 Å². The van der Waals surface area contributed by atoms with Crippen LogP contribution >= 0.6 is 27.5 Å². The summed E-state index contributed by atoms with van der Waals surface area (Å²) in [6, 6.07) is 5.89. The van der Waals surface area contributed by atoms with Gasteiger partial charge in [-0.1, -0.05) is 11.6 Å². The SMILES string of the molecule is CN(C)c1ccc(N2CCN(c3ncc(Cl)cc3Br)CC2)nn1. The minimum absolute atomic E-state index is 0.635. The molecule has 8 heteroatoms. The van der Waals surface area contributed by atoms with Crippen molar-refractivity contribution in [1.82, 2.24) is 15.2 Å². The Morgan fingerprint density at radius 2 is 1.78 bits per heavy atom. The van der Waals surface area contributed by atoms with E-state index in [-0.39, 0.29) is 0 Å². The van der Waals surface area contributed by atoms with Gasteiger partial charge in [-0.2, -0.15) is 0 Å². The zero-order valence-corrected chi connectivity index (χ0v) is 15.4. The monoisotopic (exact) mass is 396 g/mol. The van der Waals surface area contributed by atoms with Gasteiger partial charge in [0.25, 0.3) is 0 Å². The van der Waals surface area contributed by atoms with Crippen molar-refractivity contribution in [3.05, 3.63) is 33.9 Å². The van der Waals surface area contributed by atoms with E-state index in [9.17, 15) is 0 Å². The molecule has 1 aliphatic heterocycles. The Bertz CT molecular complexity index is 670. The third-order valence-electron chi connectivity index (χ3n) is 3.79. The number of hydrogen-bond acceptors (Lipinski definition) is 6. The number of halogens is 2. The maximum absolute atomic E-state index is 5.96. The molecule has 2 aromatic heterocycles. The van der Waals surface area contributed by atoms with E-state index in [4.69, 9.17) is 11.6 Å². The molecule has 1 aliphatic rings. The fourth-order valence-electron chi connectivity index (χ4n) is 2.51. The van der Waals surface area contributed by atoms with Crippen molar-refractivity contribution in [3.8, 4) is 0 Å². The van der Waals surface area contributed by atoms with E-state index in [0.29, 0.717) is 5.02 Å². The van der Waals surface area contributed by atoms with E-state index >= 15 is 0 Å². The van der Waals surface area contributed by atoms with Gasteiger partial charge in [0.1, 0.15) is 5.82 Å². The van der Waals surface area contributed by atoms with Gasteiger partial charge in [-0.15, -0.1) is 10.2 Å². The van der Waals surface area contributed by atoms with Gasteiger partial charge in [0.05, 0.1) is 9.50 Å². The van der Waals surface area contributed by atoms with Crippen LogP contribution in [0.15, 0.2) is 28.9 Å². The first-order chi connectivity index (χ1) is 11.0. The third-order valence-corrected chi connectivity index (χ3v) is 4.58. The number of piperazine rings is 1. The first-order valence-corrected chi connectivity index (χ1v) is 8.53. The largest absolute Gasteiger partial charge is 0.361 e. The van der Waals surface area contributed by atoms with Crippen LogP contribution in [0, 0.1) is 0 Å². The van der Waals surface area contributed by atoms with E-state index in [0.717, 1.165) is 48.1 Å². The van der Waals surface area contributed by atoms with Crippen molar-refractivity contribution >= 4 is 45.0 Å². The molecule has 0 spiro atoms. The zero-order chi connectivity index (χ0) is 16.4. The molecule has 3 rings (SSSR count). The fourth-order valence-corrected chi connectivity index (χ4v) is 3.40. The van der Waals surface area contributed by atoms with Crippen molar-refractivity contribution in [2.24, 2.45) is 0 Å². The summed E-state index contributed by atoms with van der Waals surface area (Å²) < 4.78 is 0.925. The van der Waals surface area contributed by atoms with Crippen molar-refractivity contribution in [2.75, 3.05) is 55.0 Å². The minimum Gasteiger partial charge on any atom is -0.361 e. The number of pyridine rings is 1. The molecular formula is C15H18BrClN6. The lowest BCUT2D eigenvalue weighted by molar-refractivity contribution is 0.637. The molecule has 0 N–H and O–H groups in total. The second kappa shape index (κ2) is 6.88. The second-order valence-corrected chi connectivity index (χ2v) is 6.87. The molecule has 0 aliphatic carbocycles. The summed E-state index contributed by atoms with van der Waals surface area (Å²) in [5.74, 6) is 2.71. The molecule has 0 atom stereocenters. The van der Waals surface area contributed by atoms with E-state index in [1.165, 1.54) is 0 Å². The fraction of sp³-hybridized carbons (Fsp3) is 0.400. The van der Waals surface area contributed by atoms with Crippen LogP contribution in [-0.2, 0) is 0 Å². The highest BCUT2D eigenvalue weighted by Gasteiger charge is 2.21. The molecule has 0 amide bonds.